The third kappa shape index (κ3) is 3.92. The van der Waals surface area contributed by atoms with Crippen molar-refractivity contribution in [2.24, 2.45) is 11.8 Å². The first-order valence-electron chi connectivity index (χ1n) is 7.42. The number of aromatic nitrogens is 1. The van der Waals surface area contributed by atoms with E-state index in [0.29, 0.717) is 5.82 Å². The van der Waals surface area contributed by atoms with Gasteiger partial charge in [0.05, 0.1) is 4.92 Å². The van der Waals surface area contributed by atoms with Gasteiger partial charge in [0.15, 0.2) is 0 Å². The molecule has 5 nitrogen and oxygen atoms in total. The summed E-state index contributed by atoms with van der Waals surface area (Å²) in [7, 11) is 0. The van der Waals surface area contributed by atoms with E-state index in [4.69, 9.17) is 0 Å². The average Bonchev–Trinajstić information content (AvgIpc) is 2.41. The Bertz CT molecular complexity index is 468. The van der Waals surface area contributed by atoms with E-state index in [1.807, 2.05) is 6.92 Å². The molecule has 0 atom stereocenters. The van der Waals surface area contributed by atoms with Crippen LogP contribution in [0.4, 0.5) is 11.5 Å². The number of hydrogen-bond donors (Lipinski definition) is 1. The molecular weight excluding hydrogens is 254 g/mol. The van der Waals surface area contributed by atoms with Gasteiger partial charge in [0, 0.05) is 18.3 Å². The van der Waals surface area contributed by atoms with E-state index in [1.165, 1.54) is 31.7 Å². The van der Waals surface area contributed by atoms with Crippen molar-refractivity contribution < 1.29 is 4.92 Å². The Kier molecular flexibility index (Phi) is 4.93. The summed E-state index contributed by atoms with van der Waals surface area (Å²) in [6.07, 6.45) is 6.26. The maximum absolute atomic E-state index is 11.0. The van der Waals surface area contributed by atoms with Crippen molar-refractivity contribution in [2.45, 2.75) is 46.0 Å². The topological polar surface area (TPSA) is 68.1 Å². The van der Waals surface area contributed by atoms with Crippen LogP contribution in [0.2, 0.25) is 0 Å². The van der Waals surface area contributed by atoms with Gasteiger partial charge in [0.25, 0.3) is 0 Å². The number of anilines is 1. The van der Waals surface area contributed by atoms with Gasteiger partial charge in [-0.1, -0.05) is 32.6 Å². The maximum atomic E-state index is 11.0. The van der Waals surface area contributed by atoms with Crippen molar-refractivity contribution in [1.82, 2.24) is 4.98 Å². The Morgan fingerprint density at radius 2 is 2.05 bits per heavy atom. The molecule has 20 heavy (non-hydrogen) atoms. The van der Waals surface area contributed by atoms with Gasteiger partial charge in [0.2, 0.25) is 5.82 Å². The number of aryl methyl sites for hydroxylation is 1. The number of nitro groups is 1. The summed E-state index contributed by atoms with van der Waals surface area (Å²) in [5.41, 5.74) is 0.859. The minimum atomic E-state index is -0.378. The van der Waals surface area contributed by atoms with Crippen LogP contribution in [0.5, 0.6) is 0 Å². The molecule has 0 radical (unpaired) electrons. The summed E-state index contributed by atoms with van der Waals surface area (Å²) in [5.74, 6) is 2.01. The van der Waals surface area contributed by atoms with Crippen molar-refractivity contribution in [3.8, 4) is 0 Å². The predicted octanol–water partition coefficient (Wildman–Crippen LogP) is 3.93. The molecule has 0 spiro atoms. The molecule has 0 amide bonds. The van der Waals surface area contributed by atoms with Crippen LogP contribution in [0.3, 0.4) is 0 Å². The van der Waals surface area contributed by atoms with Crippen molar-refractivity contribution >= 4 is 11.5 Å². The molecule has 1 saturated carbocycles. The fourth-order valence-corrected chi connectivity index (χ4v) is 2.84. The third-order valence-corrected chi connectivity index (χ3v) is 4.19. The lowest BCUT2D eigenvalue weighted by molar-refractivity contribution is -0.384. The van der Waals surface area contributed by atoms with Crippen molar-refractivity contribution in [3.05, 3.63) is 27.9 Å². The number of nitrogens with zero attached hydrogens (tertiary/aromatic N) is 2. The van der Waals surface area contributed by atoms with E-state index >= 15 is 0 Å². The number of nitrogens with one attached hydrogen (secondary N) is 1. The van der Waals surface area contributed by atoms with Gasteiger partial charge in [-0.15, -0.1) is 0 Å². The van der Waals surface area contributed by atoms with Crippen LogP contribution in [0.15, 0.2) is 12.1 Å². The van der Waals surface area contributed by atoms with E-state index < -0.39 is 0 Å². The molecule has 1 fully saturated rings. The summed E-state index contributed by atoms with van der Waals surface area (Å²) in [5, 5.41) is 14.1. The zero-order valence-corrected chi connectivity index (χ0v) is 12.3. The number of rotatable bonds is 5. The van der Waals surface area contributed by atoms with Gasteiger partial charge in [0.1, 0.15) is 0 Å². The highest BCUT2D eigenvalue weighted by atomic mass is 16.6. The number of hydrogen-bond acceptors (Lipinski definition) is 4. The van der Waals surface area contributed by atoms with Gasteiger partial charge in [-0.05, 0) is 31.2 Å². The molecule has 1 aromatic heterocycles. The zero-order valence-electron chi connectivity index (χ0n) is 12.3. The Morgan fingerprint density at radius 3 is 2.70 bits per heavy atom. The molecule has 2 rings (SSSR count). The molecule has 0 saturated heterocycles. The standard InChI is InChI=1S/C15H23N3O2/c1-11-3-6-13(7-4-11)9-10-16-15-14(18(19)20)8-5-12(2)17-15/h5,8,11,13H,3-4,6-7,9-10H2,1-2H3,(H,16,17). The van der Waals surface area contributed by atoms with Crippen molar-refractivity contribution in [3.63, 3.8) is 0 Å². The van der Waals surface area contributed by atoms with E-state index in [0.717, 1.165) is 30.5 Å². The van der Waals surface area contributed by atoms with E-state index in [2.05, 4.69) is 17.2 Å². The first-order valence-corrected chi connectivity index (χ1v) is 7.42. The minimum Gasteiger partial charge on any atom is -0.364 e. The quantitative estimate of drug-likeness (QED) is 0.654. The first-order chi connectivity index (χ1) is 9.56. The van der Waals surface area contributed by atoms with Crippen molar-refractivity contribution in [1.29, 1.82) is 0 Å². The highest BCUT2D eigenvalue weighted by Gasteiger charge is 2.19. The molecule has 0 unspecified atom stereocenters. The highest BCUT2D eigenvalue weighted by Crippen LogP contribution is 2.30. The van der Waals surface area contributed by atoms with Crippen LogP contribution < -0.4 is 5.32 Å². The molecule has 1 aliphatic rings. The highest BCUT2D eigenvalue weighted by molar-refractivity contribution is 5.55. The lowest BCUT2D eigenvalue weighted by Gasteiger charge is -2.26. The summed E-state index contributed by atoms with van der Waals surface area (Å²) < 4.78 is 0. The predicted molar refractivity (Wildman–Crippen MR) is 79.9 cm³/mol. The molecule has 110 valence electrons. The van der Waals surface area contributed by atoms with Crippen LogP contribution in [-0.4, -0.2) is 16.5 Å². The molecule has 0 aliphatic heterocycles. The summed E-state index contributed by atoms with van der Waals surface area (Å²) in [6.45, 7) is 4.92. The smallest absolute Gasteiger partial charge is 0.311 e. The van der Waals surface area contributed by atoms with Crippen LogP contribution in [0.25, 0.3) is 0 Å². The third-order valence-electron chi connectivity index (χ3n) is 4.19. The fraction of sp³-hybridized carbons (Fsp3) is 0.667. The molecule has 0 bridgehead atoms. The van der Waals surface area contributed by atoms with E-state index in [-0.39, 0.29) is 10.6 Å². The van der Waals surface area contributed by atoms with Crippen LogP contribution in [0.1, 0.15) is 44.7 Å². The van der Waals surface area contributed by atoms with Crippen LogP contribution in [0, 0.1) is 28.9 Å². The SMILES string of the molecule is Cc1ccc([N+](=O)[O-])c(NCCC2CCC(C)CC2)n1. The van der Waals surface area contributed by atoms with Crippen LogP contribution in [-0.2, 0) is 0 Å². The lowest BCUT2D eigenvalue weighted by Crippen LogP contribution is -2.16. The summed E-state index contributed by atoms with van der Waals surface area (Å²) >= 11 is 0. The fourth-order valence-electron chi connectivity index (χ4n) is 2.84. The first kappa shape index (κ1) is 14.8. The van der Waals surface area contributed by atoms with Crippen LogP contribution >= 0.6 is 0 Å². The minimum absolute atomic E-state index is 0.0628. The second-order valence-electron chi connectivity index (χ2n) is 5.92. The van der Waals surface area contributed by atoms with Gasteiger partial charge < -0.3 is 5.32 Å². The second-order valence-corrected chi connectivity index (χ2v) is 5.92. The van der Waals surface area contributed by atoms with E-state index in [9.17, 15) is 10.1 Å². The van der Waals surface area contributed by atoms with Gasteiger partial charge >= 0.3 is 5.69 Å². The van der Waals surface area contributed by atoms with E-state index in [1.54, 1.807) is 6.07 Å². The largest absolute Gasteiger partial charge is 0.364 e. The Hall–Kier alpha value is -1.65. The monoisotopic (exact) mass is 277 g/mol. The second kappa shape index (κ2) is 6.68. The lowest BCUT2D eigenvalue weighted by atomic mass is 9.81. The van der Waals surface area contributed by atoms with Gasteiger partial charge in [-0.3, -0.25) is 10.1 Å². The molecule has 5 heteroatoms. The van der Waals surface area contributed by atoms with Gasteiger partial charge in [-0.25, -0.2) is 4.98 Å². The molecule has 1 aliphatic carbocycles. The molecule has 1 N–H and O–H groups in total. The maximum Gasteiger partial charge on any atom is 0.311 e. The Morgan fingerprint density at radius 1 is 1.35 bits per heavy atom. The average molecular weight is 277 g/mol. The van der Waals surface area contributed by atoms with Crippen molar-refractivity contribution in [2.75, 3.05) is 11.9 Å². The zero-order chi connectivity index (χ0) is 14.5. The molecule has 0 aromatic carbocycles. The normalized spacial score (nSPS) is 22.5. The Labute approximate surface area is 119 Å². The summed E-state index contributed by atoms with van der Waals surface area (Å²) in [4.78, 5) is 14.8. The molecular formula is C15H23N3O2. The Balaban J connectivity index is 1.87. The molecule has 1 heterocycles. The molecule has 1 aromatic rings. The van der Waals surface area contributed by atoms with Gasteiger partial charge in [-0.2, -0.15) is 0 Å². The summed E-state index contributed by atoms with van der Waals surface area (Å²) in [6, 6.07) is 3.19. The number of pyridine rings is 1.